The summed E-state index contributed by atoms with van der Waals surface area (Å²) in [5.74, 6) is -0.407. The Morgan fingerprint density at radius 3 is 3.21 bits per heavy atom. The van der Waals surface area contributed by atoms with E-state index in [-0.39, 0.29) is 0 Å². The molecule has 0 unspecified atom stereocenters. The Bertz CT molecular complexity index is 523. The van der Waals surface area contributed by atoms with E-state index in [0.717, 1.165) is 10.9 Å². The van der Waals surface area contributed by atoms with Gasteiger partial charge in [0.1, 0.15) is 0 Å². The molecular formula is C9H6N4O. The van der Waals surface area contributed by atoms with Gasteiger partial charge in [-0.2, -0.15) is 10.4 Å². The molecule has 1 heterocycles. The number of rotatable bonds is 1. The molecule has 5 heteroatoms. The van der Waals surface area contributed by atoms with Crippen LogP contribution in [0.25, 0.3) is 10.9 Å². The summed E-state index contributed by atoms with van der Waals surface area (Å²) in [7, 11) is 0. The van der Waals surface area contributed by atoms with Gasteiger partial charge in [0, 0.05) is 10.9 Å². The topological polar surface area (TPSA) is 81.6 Å². The summed E-state index contributed by atoms with van der Waals surface area (Å²) in [4.78, 5) is 11.2. The minimum Gasteiger partial charge on any atom is -0.278 e. The molecule has 0 radical (unpaired) electrons. The number of amides is 1. The van der Waals surface area contributed by atoms with Crippen LogP contribution in [0.4, 0.5) is 0 Å². The lowest BCUT2D eigenvalue weighted by molar-refractivity contribution is 0.0973. The van der Waals surface area contributed by atoms with Gasteiger partial charge in [-0.3, -0.25) is 15.2 Å². The number of nitriles is 1. The lowest BCUT2D eigenvalue weighted by atomic mass is 10.1. The highest BCUT2D eigenvalue weighted by Crippen LogP contribution is 2.12. The van der Waals surface area contributed by atoms with Crippen molar-refractivity contribution >= 4 is 16.8 Å². The largest absolute Gasteiger partial charge is 0.278 e. The number of aromatic nitrogens is 2. The number of hydrogen-bond acceptors (Lipinski definition) is 3. The predicted octanol–water partition coefficient (Wildman–Crippen LogP) is 0.774. The minimum atomic E-state index is -0.407. The fraction of sp³-hybridized carbons (Fsp3) is 0. The molecule has 1 amide bonds. The summed E-state index contributed by atoms with van der Waals surface area (Å²) < 4.78 is 0. The van der Waals surface area contributed by atoms with Gasteiger partial charge in [-0.05, 0) is 18.2 Å². The maximum absolute atomic E-state index is 11.2. The van der Waals surface area contributed by atoms with E-state index in [0.29, 0.717) is 5.56 Å². The van der Waals surface area contributed by atoms with Crippen molar-refractivity contribution in [2.75, 3.05) is 0 Å². The average molecular weight is 186 g/mol. The number of fused-ring (bicyclic) bond motifs is 1. The summed E-state index contributed by atoms with van der Waals surface area (Å²) in [6.07, 6.45) is 3.21. The van der Waals surface area contributed by atoms with Gasteiger partial charge in [-0.1, -0.05) is 0 Å². The van der Waals surface area contributed by atoms with Gasteiger partial charge in [-0.15, -0.1) is 0 Å². The molecule has 2 rings (SSSR count). The second-order valence-corrected chi connectivity index (χ2v) is 2.74. The summed E-state index contributed by atoms with van der Waals surface area (Å²) >= 11 is 0. The van der Waals surface area contributed by atoms with Gasteiger partial charge in [0.05, 0.1) is 11.7 Å². The van der Waals surface area contributed by atoms with Gasteiger partial charge in [0.25, 0.3) is 5.91 Å². The number of benzene rings is 1. The quantitative estimate of drug-likeness (QED) is 0.510. The number of H-pyrrole nitrogens is 1. The van der Waals surface area contributed by atoms with E-state index in [1.54, 1.807) is 30.6 Å². The van der Waals surface area contributed by atoms with E-state index < -0.39 is 5.91 Å². The molecule has 0 aliphatic rings. The second kappa shape index (κ2) is 3.18. The zero-order chi connectivity index (χ0) is 9.97. The molecule has 68 valence electrons. The third-order valence-corrected chi connectivity index (χ3v) is 1.87. The van der Waals surface area contributed by atoms with E-state index >= 15 is 0 Å². The molecule has 0 aliphatic heterocycles. The predicted molar refractivity (Wildman–Crippen MR) is 49.2 cm³/mol. The Kier molecular flexibility index (Phi) is 1.88. The zero-order valence-corrected chi connectivity index (χ0v) is 7.11. The fourth-order valence-corrected chi connectivity index (χ4v) is 1.21. The number of nitrogens with zero attached hydrogens (tertiary/aromatic N) is 2. The minimum absolute atomic E-state index is 0.407. The first-order valence-corrected chi connectivity index (χ1v) is 3.94. The standard InChI is InChI=1S/C9H6N4O/c10-5-11-9(14)6-1-2-8-7(3-6)4-12-13-8/h1-4H,(H,11,14)(H,12,13). The molecule has 0 saturated heterocycles. The van der Waals surface area contributed by atoms with Crippen LogP contribution in [-0.2, 0) is 0 Å². The molecule has 0 saturated carbocycles. The van der Waals surface area contributed by atoms with E-state index in [9.17, 15) is 4.79 Å². The highest BCUT2D eigenvalue weighted by Gasteiger charge is 2.05. The molecular weight excluding hydrogens is 180 g/mol. The summed E-state index contributed by atoms with van der Waals surface area (Å²) in [6.45, 7) is 0. The summed E-state index contributed by atoms with van der Waals surface area (Å²) in [6, 6.07) is 5.05. The monoisotopic (exact) mass is 186 g/mol. The van der Waals surface area contributed by atoms with Crippen LogP contribution in [0.2, 0.25) is 0 Å². The van der Waals surface area contributed by atoms with Crippen LogP contribution >= 0.6 is 0 Å². The Morgan fingerprint density at radius 2 is 2.43 bits per heavy atom. The normalized spacial score (nSPS) is 9.64. The molecule has 0 bridgehead atoms. The average Bonchev–Trinajstić information content (AvgIpc) is 2.64. The van der Waals surface area contributed by atoms with Crippen LogP contribution in [-0.4, -0.2) is 16.1 Å². The lowest BCUT2D eigenvalue weighted by Crippen LogP contribution is -2.16. The fourth-order valence-electron chi connectivity index (χ4n) is 1.21. The van der Waals surface area contributed by atoms with Gasteiger partial charge in [0.15, 0.2) is 6.19 Å². The van der Waals surface area contributed by atoms with Crippen molar-refractivity contribution in [1.29, 1.82) is 5.26 Å². The highest BCUT2D eigenvalue weighted by atomic mass is 16.1. The van der Waals surface area contributed by atoms with Crippen LogP contribution < -0.4 is 5.32 Å². The third kappa shape index (κ3) is 1.29. The number of aromatic amines is 1. The molecule has 1 aromatic carbocycles. The van der Waals surface area contributed by atoms with Crippen molar-refractivity contribution in [3.05, 3.63) is 30.0 Å². The zero-order valence-electron chi connectivity index (χ0n) is 7.11. The second-order valence-electron chi connectivity index (χ2n) is 2.74. The van der Waals surface area contributed by atoms with Crippen LogP contribution in [0.1, 0.15) is 10.4 Å². The number of hydrogen-bond donors (Lipinski definition) is 2. The molecule has 1 aromatic heterocycles. The van der Waals surface area contributed by atoms with Gasteiger partial charge in [-0.25, -0.2) is 0 Å². The summed E-state index contributed by atoms with van der Waals surface area (Å²) in [5, 5.41) is 17.8. The van der Waals surface area contributed by atoms with Crippen molar-refractivity contribution in [3.63, 3.8) is 0 Å². The molecule has 0 spiro atoms. The number of carbonyl (C=O) groups excluding carboxylic acids is 1. The van der Waals surface area contributed by atoms with Crippen molar-refractivity contribution in [3.8, 4) is 6.19 Å². The Labute approximate surface area is 79.3 Å². The maximum atomic E-state index is 11.2. The Morgan fingerprint density at radius 1 is 1.57 bits per heavy atom. The smallest absolute Gasteiger partial charge is 0.264 e. The first kappa shape index (κ1) is 8.26. The van der Waals surface area contributed by atoms with Crippen molar-refractivity contribution in [2.24, 2.45) is 0 Å². The molecule has 2 N–H and O–H groups in total. The van der Waals surface area contributed by atoms with Crippen molar-refractivity contribution in [1.82, 2.24) is 15.5 Å². The van der Waals surface area contributed by atoms with E-state index in [2.05, 4.69) is 15.5 Å². The molecule has 14 heavy (non-hydrogen) atoms. The van der Waals surface area contributed by atoms with Crippen molar-refractivity contribution < 1.29 is 4.79 Å². The Balaban J connectivity index is 2.44. The highest BCUT2D eigenvalue weighted by molar-refractivity contribution is 5.98. The van der Waals surface area contributed by atoms with Crippen molar-refractivity contribution in [2.45, 2.75) is 0 Å². The van der Waals surface area contributed by atoms with Gasteiger partial charge in [0.2, 0.25) is 0 Å². The molecule has 0 atom stereocenters. The third-order valence-electron chi connectivity index (χ3n) is 1.87. The van der Waals surface area contributed by atoms with E-state index in [4.69, 9.17) is 5.26 Å². The molecule has 0 aliphatic carbocycles. The summed E-state index contributed by atoms with van der Waals surface area (Å²) in [5.41, 5.74) is 1.30. The van der Waals surface area contributed by atoms with Crippen LogP contribution in [0, 0.1) is 11.5 Å². The molecule has 0 fully saturated rings. The molecule has 2 aromatic rings. The number of nitrogens with one attached hydrogen (secondary N) is 2. The lowest BCUT2D eigenvalue weighted by Gasteiger charge is -1.96. The first-order chi connectivity index (χ1) is 6.81. The van der Waals surface area contributed by atoms with Gasteiger partial charge >= 0.3 is 0 Å². The number of carbonyl (C=O) groups is 1. The van der Waals surface area contributed by atoms with Crippen LogP contribution in [0.5, 0.6) is 0 Å². The van der Waals surface area contributed by atoms with Crippen LogP contribution in [0.15, 0.2) is 24.4 Å². The first-order valence-electron chi connectivity index (χ1n) is 3.94. The molecule has 5 nitrogen and oxygen atoms in total. The maximum Gasteiger partial charge on any atom is 0.264 e. The van der Waals surface area contributed by atoms with Crippen LogP contribution in [0.3, 0.4) is 0 Å². The Hall–Kier alpha value is -2.35. The van der Waals surface area contributed by atoms with E-state index in [1.807, 2.05) is 0 Å². The van der Waals surface area contributed by atoms with Gasteiger partial charge < -0.3 is 0 Å². The SMILES string of the molecule is N#CNC(=O)c1ccc2[nH]ncc2c1. The van der Waals surface area contributed by atoms with E-state index in [1.165, 1.54) is 0 Å².